The lowest BCUT2D eigenvalue weighted by atomic mass is 10.0. The minimum atomic E-state index is -4.46. The van der Waals surface area contributed by atoms with Gasteiger partial charge in [-0.3, -0.25) is 18.6 Å². The number of esters is 1. The molecule has 0 aliphatic carbocycles. The van der Waals surface area contributed by atoms with Crippen molar-refractivity contribution in [2.45, 2.75) is 348 Å². The number of phosphoric acid groups is 1. The van der Waals surface area contributed by atoms with Gasteiger partial charge in [-0.05, 0) is 83.1 Å². The van der Waals surface area contributed by atoms with Gasteiger partial charge >= 0.3 is 13.8 Å². The molecule has 0 aromatic carbocycles. The molecule has 0 rings (SSSR count). The summed E-state index contributed by atoms with van der Waals surface area (Å²) in [5, 5.41) is 3.07. The average molecular weight is 1220 g/mol. The van der Waals surface area contributed by atoms with E-state index in [2.05, 4.69) is 99.0 Å². The molecule has 3 atom stereocenters. The van der Waals surface area contributed by atoms with E-state index in [1.54, 1.807) is 0 Å². The van der Waals surface area contributed by atoms with E-state index in [1.165, 1.54) is 193 Å². The van der Waals surface area contributed by atoms with Gasteiger partial charge in [0.25, 0.3) is 0 Å². The first kappa shape index (κ1) is 83.2. The Balaban J connectivity index is 5.08. The van der Waals surface area contributed by atoms with Crippen molar-refractivity contribution in [1.29, 1.82) is 0 Å². The minimum absolute atomic E-state index is 0.0342. The number of nitrogens with zero attached hydrogens (tertiary/aromatic N) is 1. The van der Waals surface area contributed by atoms with Crippen LogP contribution in [0.5, 0.6) is 0 Å². The molecule has 1 amide bonds. The second-order valence-electron chi connectivity index (χ2n) is 25.7. The molecule has 0 saturated heterocycles. The summed E-state index contributed by atoms with van der Waals surface area (Å²) in [4.78, 5) is 37.9. The van der Waals surface area contributed by atoms with Gasteiger partial charge in [0.15, 0.2) is 0 Å². The Hall–Kier alpha value is -2.81. The number of rotatable bonds is 66. The number of ether oxygens (including phenoxy) is 1. The van der Waals surface area contributed by atoms with Crippen LogP contribution in [0, 0.1) is 0 Å². The number of carbonyl (C=O) groups excluding carboxylic acids is 2. The fourth-order valence-corrected chi connectivity index (χ4v) is 11.3. The number of hydrogen-bond acceptors (Lipinski definition) is 6. The van der Waals surface area contributed by atoms with Gasteiger partial charge in [0.1, 0.15) is 19.3 Å². The molecule has 3 unspecified atom stereocenters. The van der Waals surface area contributed by atoms with E-state index < -0.39 is 20.0 Å². The summed E-state index contributed by atoms with van der Waals surface area (Å²) in [5.41, 5.74) is 0. The fourth-order valence-electron chi connectivity index (χ4n) is 10.5. The molecule has 0 saturated carbocycles. The van der Waals surface area contributed by atoms with Crippen molar-refractivity contribution in [3.05, 3.63) is 85.1 Å². The third kappa shape index (κ3) is 65.6. The van der Waals surface area contributed by atoms with Crippen LogP contribution >= 0.6 is 7.82 Å². The molecule has 0 fully saturated rings. The lowest BCUT2D eigenvalue weighted by molar-refractivity contribution is -0.870. The second kappa shape index (κ2) is 65.2. The molecule has 0 aromatic heterocycles. The van der Waals surface area contributed by atoms with Crippen LogP contribution < -0.4 is 5.32 Å². The van der Waals surface area contributed by atoms with Gasteiger partial charge in [-0.25, -0.2) is 4.57 Å². The molecule has 0 aromatic rings. The first-order valence-electron chi connectivity index (χ1n) is 36.4. The van der Waals surface area contributed by atoms with E-state index in [4.69, 9.17) is 13.8 Å². The Bertz CT molecular complexity index is 1750. The van der Waals surface area contributed by atoms with Crippen LogP contribution in [0.15, 0.2) is 85.1 Å². The predicted molar refractivity (Wildman–Crippen MR) is 374 cm³/mol. The summed E-state index contributed by atoms with van der Waals surface area (Å²) >= 11 is 0. The molecule has 10 heteroatoms. The number of carbonyl (C=O) groups is 2. The molecule has 0 spiro atoms. The van der Waals surface area contributed by atoms with E-state index in [9.17, 15) is 19.0 Å². The maximum absolute atomic E-state index is 13.6. The van der Waals surface area contributed by atoms with Crippen molar-refractivity contribution in [1.82, 2.24) is 5.32 Å². The Morgan fingerprint density at radius 2 is 0.744 bits per heavy atom. The van der Waals surface area contributed by atoms with Crippen LogP contribution in [-0.2, 0) is 27.9 Å². The lowest BCUT2D eigenvalue weighted by Gasteiger charge is -2.27. The number of unbranched alkanes of at least 4 members (excludes halogenated alkanes) is 38. The van der Waals surface area contributed by atoms with E-state index >= 15 is 0 Å². The number of hydrogen-bond donors (Lipinski definition) is 2. The van der Waals surface area contributed by atoms with E-state index in [0.29, 0.717) is 23.9 Å². The number of allylic oxidation sites excluding steroid dienone is 13. The maximum atomic E-state index is 13.6. The van der Waals surface area contributed by atoms with Gasteiger partial charge in [-0.2, -0.15) is 0 Å². The zero-order valence-corrected chi connectivity index (χ0v) is 58.2. The van der Waals surface area contributed by atoms with E-state index in [-0.39, 0.29) is 31.5 Å². The molecule has 0 aliphatic heterocycles. The summed E-state index contributed by atoms with van der Waals surface area (Å²) in [6.45, 7) is 6.92. The van der Waals surface area contributed by atoms with E-state index in [0.717, 1.165) is 103 Å². The summed E-state index contributed by atoms with van der Waals surface area (Å²) < 4.78 is 30.8. The number of amides is 1. The first-order valence-corrected chi connectivity index (χ1v) is 37.9. The van der Waals surface area contributed by atoms with Gasteiger partial charge < -0.3 is 19.4 Å². The second-order valence-corrected chi connectivity index (χ2v) is 27.2. The van der Waals surface area contributed by atoms with Crippen LogP contribution in [0.4, 0.5) is 0 Å². The highest BCUT2D eigenvalue weighted by Gasteiger charge is 2.30. The van der Waals surface area contributed by atoms with Crippen LogP contribution in [0.1, 0.15) is 335 Å². The summed E-state index contributed by atoms with van der Waals surface area (Å²) in [6, 6.07) is -0.863. The van der Waals surface area contributed by atoms with Crippen molar-refractivity contribution in [3.8, 4) is 0 Å². The molecular formula is C76H140N2O7P+. The third-order valence-corrected chi connectivity index (χ3v) is 17.1. The van der Waals surface area contributed by atoms with Gasteiger partial charge in [0.05, 0.1) is 33.8 Å². The highest BCUT2D eigenvalue weighted by molar-refractivity contribution is 7.47. The Labute approximate surface area is 533 Å². The Morgan fingerprint density at radius 3 is 1.12 bits per heavy atom. The largest absolute Gasteiger partial charge is 0.472 e. The van der Waals surface area contributed by atoms with Crippen molar-refractivity contribution in [3.63, 3.8) is 0 Å². The van der Waals surface area contributed by atoms with Gasteiger partial charge in [-0.1, -0.05) is 324 Å². The fraction of sp³-hybridized carbons (Fsp3) is 0.789. The topological polar surface area (TPSA) is 111 Å². The van der Waals surface area contributed by atoms with Crippen molar-refractivity contribution < 1.29 is 37.3 Å². The molecule has 0 aliphatic rings. The van der Waals surface area contributed by atoms with Crippen molar-refractivity contribution in [2.24, 2.45) is 0 Å². The van der Waals surface area contributed by atoms with Gasteiger partial charge in [-0.15, -0.1) is 0 Å². The lowest BCUT2D eigenvalue weighted by Crippen LogP contribution is -2.47. The van der Waals surface area contributed by atoms with Crippen LogP contribution in [0.25, 0.3) is 0 Å². The Morgan fingerprint density at radius 1 is 0.419 bits per heavy atom. The molecule has 9 nitrogen and oxygen atoms in total. The smallest absolute Gasteiger partial charge is 0.456 e. The highest BCUT2D eigenvalue weighted by atomic mass is 31.2. The highest BCUT2D eigenvalue weighted by Crippen LogP contribution is 2.43. The minimum Gasteiger partial charge on any atom is -0.456 e. The van der Waals surface area contributed by atoms with Crippen LogP contribution in [0.2, 0.25) is 0 Å². The zero-order chi connectivity index (χ0) is 62.8. The molecular weight excluding hydrogens is 1080 g/mol. The maximum Gasteiger partial charge on any atom is 0.472 e. The van der Waals surface area contributed by atoms with Crippen LogP contribution in [-0.4, -0.2) is 74.3 Å². The summed E-state index contributed by atoms with van der Waals surface area (Å²) in [7, 11) is 1.48. The van der Waals surface area contributed by atoms with Crippen molar-refractivity contribution >= 4 is 19.7 Å². The van der Waals surface area contributed by atoms with E-state index in [1.807, 2.05) is 33.3 Å². The Kier molecular flexibility index (Phi) is 63.0. The zero-order valence-electron chi connectivity index (χ0n) is 57.3. The molecule has 500 valence electrons. The average Bonchev–Trinajstić information content (AvgIpc) is 3.69. The number of quaternary nitrogens is 1. The molecule has 0 heterocycles. The molecule has 2 N–H and O–H groups in total. The predicted octanol–water partition coefficient (Wildman–Crippen LogP) is 23.3. The number of likely N-dealkylation sites (N-methyl/N-ethyl adjacent to an activating group) is 1. The monoisotopic (exact) mass is 1220 g/mol. The molecule has 86 heavy (non-hydrogen) atoms. The standard InChI is InChI=1S/C76H139N2O7P/c1-7-10-13-16-19-22-25-28-30-32-34-36-38-39-41-42-44-46-48-50-53-56-59-62-65-68-75(79)77-73(72-84-86(81,82)83-71-70-78(4,5)6)74(67-64-61-58-55-52-27-24-21-18-15-12-9-3)85-76(80)69-66-63-60-57-54-51-49-47-45-43-40-37-35-33-31-29-26-23-20-17-14-11-8-2/h11,14,20,23,29,31,35,37,43,45,49,51,64,67,73-74H,7-10,12-13,15-19,21-22,24-28,30,32-34,36,38-42,44,46-48,50,52-63,65-66,68-72H2,1-6H3,(H-,77,79,81,82)/p+1/b14-11-,23-20-,31-29-,37-35-,45-43-,51-49-,67-64+. The normalized spacial score (nSPS) is 14.0. The first-order chi connectivity index (χ1) is 41.9. The summed E-state index contributed by atoms with van der Waals surface area (Å²) in [6.07, 6.45) is 87.5. The molecule has 0 bridgehead atoms. The number of phosphoric ester groups is 1. The summed E-state index contributed by atoms with van der Waals surface area (Å²) in [5.74, 6) is -0.524. The third-order valence-electron chi connectivity index (χ3n) is 16.1. The SMILES string of the molecule is CC/C=C\C/C=C\C/C=C\C/C=C\C/C=C\C/C=C\CCCCCCC(=O)OC(/C=C/CCCCCCCCCCCC)C(COP(=O)(O)OCC[N+](C)(C)C)NC(=O)CCCCCCCCCCCCCCCCCCCCCCCCCCC. The van der Waals surface area contributed by atoms with Crippen LogP contribution in [0.3, 0.4) is 0 Å². The quantitative estimate of drug-likeness (QED) is 0.0205. The number of nitrogens with one attached hydrogen (secondary N) is 1. The van der Waals surface area contributed by atoms with Gasteiger partial charge in [0, 0.05) is 12.8 Å². The molecule has 0 radical (unpaired) electrons. The van der Waals surface area contributed by atoms with Gasteiger partial charge in [0.2, 0.25) is 5.91 Å². The van der Waals surface area contributed by atoms with Crippen molar-refractivity contribution in [2.75, 3.05) is 40.9 Å².